The molecule has 0 aliphatic carbocycles. The highest BCUT2D eigenvalue weighted by Crippen LogP contribution is 2.26. The van der Waals surface area contributed by atoms with E-state index < -0.39 is 18.2 Å². The molecule has 2 atom stereocenters. The van der Waals surface area contributed by atoms with Crippen molar-refractivity contribution in [1.82, 2.24) is 0 Å². The van der Waals surface area contributed by atoms with Crippen LogP contribution in [0.4, 0.5) is 0 Å². The summed E-state index contributed by atoms with van der Waals surface area (Å²) in [5, 5.41) is 28.6. The molecule has 0 aromatic carbocycles. The predicted molar refractivity (Wildman–Crippen MR) is 52.2 cm³/mol. The van der Waals surface area contributed by atoms with Crippen molar-refractivity contribution in [3.63, 3.8) is 0 Å². The zero-order valence-electron chi connectivity index (χ0n) is 7.88. The number of aliphatic hydroxyl groups is 2. The van der Waals surface area contributed by atoms with E-state index in [0.717, 1.165) is 11.3 Å². The molecule has 0 amide bonds. The Bertz CT molecular complexity index is 395. The minimum absolute atomic E-state index is 0.194. The van der Waals surface area contributed by atoms with Gasteiger partial charge in [0.05, 0.1) is 13.2 Å². The topological polar surface area (TPSA) is 90.6 Å². The first-order valence-electron chi connectivity index (χ1n) is 4.03. The number of thiophene rings is 1. The molecule has 0 saturated heterocycles. The Hall–Kier alpha value is -1.42. The lowest BCUT2D eigenvalue weighted by molar-refractivity contribution is 0.0485. The van der Waals surface area contributed by atoms with E-state index in [-0.39, 0.29) is 10.4 Å². The van der Waals surface area contributed by atoms with Crippen LogP contribution in [0.3, 0.4) is 0 Å². The zero-order chi connectivity index (χ0) is 11.4. The maximum Gasteiger partial charge on any atom is 0.348 e. The van der Waals surface area contributed by atoms with Gasteiger partial charge in [0.25, 0.3) is 0 Å². The number of methoxy groups -OCH3 is 1. The normalized spacial score (nSPS) is 14.0. The number of carbonyl (C=O) groups is 1. The van der Waals surface area contributed by atoms with Crippen molar-refractivity contribution in [3.8, 4) is 6.07 Å². The molecule has 1 rings (SSSR count). The van der Waals surface area contributed by atoms with Crippen LogP contribution < -0.4 is 0 Å². The molecule has 80 valence electrons. The van der Waals surface area contributed by atoms with Crippen molar-refractivity contribution in [2.45, 2.75) is 12.2 Å². The first-order chi connectivity index (χ1) is 7.11. The van der Waals surface area contributed by atoms with Gasteiger partial charge in [-0.3, -0.25) is 0 Å². The quantitative estimate of drug-likeness (QED) is 0.578. The second-order valence-electron chi connectivity index (χ2n) is 2.72. The van der Waals surface area contributed by atoms with Crippen molar-refractivity contribution >= 4 is 17.3 Å². The van der Waals surface area contributed by atoms with Gasteiger partial charge >= 0.3 is 5.97 Å². The number of nitriles is 1. The molecular weight excluding hydrogens is 218 g/mol. The van der Waals surface area contributed by atoms with Gasteiger partial charge in [-0.2, -0.15) is 5.26 Å². The summed E-state index contributed by atoms with van der Waals surface area (Å²) in [5.74, 6) is -0.593. The molecule has 1 heterocycles. The van der Waals surface area contributed by atoms with Gasteiger partial charge in [0.2, 0.25) is 0 Å². The van der Waals surface area contributed by atoms with Crippen molar-refractivity contribution in [3.05, 3.63) is 21.9 Å². The molecule has 0 fully saturated rings. The lowest BCUT2D eigenvalue weighted by atomic mass is 10.1. The predicted octanol–water partition coefficient (Wildman–Crippen LogP) is 0.453. The lowest BCUT2D eigenvalue weighted by Crippen LogP contribution is -2.17. The van der Waals surface area contributed by atoms with Crippen LogP contribution in [-0.4, -0.2) is 29.4 Å². The third-order valence-electron chi connectivity index (χ3n) is 1.82. The van der Waals surface area contributed by atoms with Crippen LogP contribution in [0.15, 0.2) is 11.4 Å². The van der Waals surface area contributed by atoms with Crippen molar-refractivity contribution < 1.29 is 19.7 Å². The fourth-order valence-electron chi connectivity index (χ4n) is 1.05. The van der Waals surface area contributed by atoms with E-state index in [0.29, 0.717) is 0 Å². The van der Waals surface area contributed by atoms with Crippen LogP contribution >= 0.6 is 11.3 Å². The minimum Gasteiger partial charge on any atom is -0.465 e. The highest BCUT2D eigenvalue weighted by atomic mass is 32.1. The SMILES string of the molecule is COC(=O)c1sccc1C(O)C(O)C#N. The van der Waals surface area contributed by atoms with Gasteiger partial charge in [0, 0.05) is 5.56 Å². The summed E-state index contributed by atoms with van der Waals surface area (Å²) in [6.07, 6.45) is -2.95. The highest BCUT2D eigenvalue weighted by molar-refractivity contribution is 7.12. The average Bonchev–Trinajstić information content (AvgIpc) is 2.74. The molecule has 1 aromatic rings. The molecule has 0 aliphatic heterocycles. The standard InChI is InChI=1S/C9H9NO4S/c1-14-9(13)8-5(2-3-15-8)7(12)6(11)4-10/h2-3,6-7,11-12H,1H3. The summed E-state index contributed by atoms with van der Waals surface area (Å²) >= 11 is 1.08. The van der Waals surface area contributed by atoms with E-state index >= 15 is 0 Å². The van der Waals surface area contributed by atoms with E-state index in [1.807, 2.05) is 0 Å². The minimum atomic E-state index is -1.55. The molecule has 2 N–H and O–H groups in total. The molecule has 0 radical (unpaired) electrons. The van der Waals surface area contributed by atoms with Crippen molar-refractivity contribution in [1.29, 1.82) is 5.26 Å². The number of carbonyl (C=O) groups excluding carboxylic acids is 1. The molecule has 6 heteroatoms. The van der Waals surface area contributed by atoms with Crippen molar-refractivity contribution in [2.24, 2.45) is 0 Å². The number of hydrogen-bond donors (Lipinski definition) is 2. The second kappa shape index (κ2) is 4.89. The molecule has 1 aromatic heterocycles. The fraction of sp³-hybridized carbons (Fsp3) is 0.333. The van der Waals surface area contributed by atoms with E-state index in [1.54, 1.807) is 5.38 Å². The molecule has 0 aliphatic rings. The maximum absolute atomic E-state index is 11.2. The Balaban J connectivity index is 3.01. The first-order valence-corrected chi connectivity index (χ1v) is 4.91. The first kappa shape index (κ1) is 11.7. The van der Waals surface area contributed by atoms with Crippen LogP contribution in [0.1, 0.15) is 21.3 Å². The number of esters is 1. The Morgan fingerprint density at radius 3 is 2.87 bits per heavy atom. The zero-order valence-corrected chi connectivity index (χ0v) is 8.69. The van der Waals surface area contributed by atoms with Crippen LogP contribution in [0.5, 0.6) is 0 Å². The number of ether oxygens (including phenoxy) is 1. The van der Waals surface area contributed by atoms with Gasteiger partial charge in [-0.25, -0.2) is 4.79 Å². The Morgan fingerprint density at radius 2 is 2.33 bits per heavy atom. The molecular formula is C9H9NO4S. The maximum atomic E-state index is 11.2. The summed E-state index contributed by atoms with van der Waals surface area (Å²) < 4.78 is 4.49. The van der Waals surface area contributed by atoms with E-state index in [2.05, 4.69) is 4.74 Å². The van der Waals surface area contributed by atoms with Crippen LogP contribution in [0.2, 0.25) is 0 Å². The number of nitrogens with zero attached hydrogens (tertiary/aromatic N) is 1. The molecule has 5 nitrogen and oxygen atoms in total. The smallest absolute Gasteiger partial charge is 0.348 e. The largest absolute Gasteiger partial charge is 0.465 e. The Kier molecular flexibility index (Phi) is 3.80. The summed E-state index contributed by atoms with van der Waals surface area (Å²) in [5.41, 5.74) is 0.209. The van der Waals surface area contributed by atoms with Gasteiger partial charge in [0.1, 0.15) is 11.0 Å². The molecule has 0 bridgehead atoms. The summed E-state index contributed by atoms with van der Waals surface area (Å²) in [6.45, 7) is 0. The molecule has 0 saturated carbocycles. The van der Waals surface area contributed by atoms with E-state index in [4.69, 9.17) is 10.4 Å². The third-order valence-corrected chi connectivity index (χ3v) is 2.73. The Labute approximate surface area is 90.2 Å². The van der Waals surface area contributed by atoms with Crippen LogP contribution in [-0.2, 0) is 4.74 Å². The van der Waals surface area contributed by atoms with Gasteiger partial charge in [-0.05, 0) is 11.4 Å². The number of rotatable bonds is 3. The van der Waals surface area contributed by atoms with Crippen molar-refractivity contribution in [2.75, 3.05) is 7.11 Å². The second-order valence-corrected chi connectivity index (χ2v) is 3.63. The van der Waals surface area contributed by atoms with Gasteiger partial charge in [-0.15, -0.1) is 11.3 Å². The molecule has 15 heavy (non-hydrogen) atoms. The van der Waals surface area contributed by atoms with Crippen LogP contribution in [0.25, 0.3) is 0 Å². The fourth-order valence-corrected chi connectivity index (χ4v) is 1.91. The third kappa shape index (κ3) is 2.33. The molecule has 2 unspecified atom stereocenters. The molecule has 0 spiro atoms. The summed E-state index contributed by atoms with van der Waals surface area (Å²) in [4.78, 5) is 11.4. The van der Waals surface area contributed by atoms with E-state index in [1.165, 1.54) is 19.2 Å². The van der Waals surface area contributed by atoms with Gasteiger partial charge in [0.15, 0.2) is 6.10 Å². The Morgan fingerprint density at radius 1 is 1.67 bits per heavy atom. The number of hydrogen-bond acceptors (Lipinski definition) is 6. The highest BCUT2D eigenvalue weighted by Gasteiger charge is 2.24. The average molecular weight is 227 g/mol. The lowest BCUT2D eigenvalue weighted by Gasteiger charge is -2.11. The van der Waals surface area contributed by atoms with Gasteiger partial charge < -0.3 is 14.9 Å². The van der Waals surface area contributed by atoms with E-state index in [9.17, 15) is 9.90 Å². The summed E-state index contributed by atoms with van der Waals surface area (Å²) in [6, 6.07) is 2.97. The van der Waals surface area contributed by atoms with Crippen LogP contribution in [0, 0.1) is 11.3 Å². The summed E-state index contributed by atoms with van der Waals surface area (Å²) in [7, 11) is 1.22. The monoisotopic (exact) mass is 227 g/mol. The van der Waals surface area contributed by atoms with Gasteiger partial charge in [-0.1, -0.05) is 0 Å². The number of aliphatic hydroxyl groups excluding tert-OH is 2.